The molecule has 0 aliphatic carbocycles. The Bertz CT molecular complexity index is 556. The van der Waals surface area contributed by atoms with Gasteiger partial charge in [0.05, 0.1) is 6.10 Å². The second-order valence-electron chi connectivity index (χ2n) is 4.83. The van der Waals surface area contributed by atoms with Crippen LogP contribution in [0.5, 0.6) is 5.75 Å². The number of aryl methyl sites for hydroxylation is 1. The van der Waals surface area contributed by atoms with Gasteiger partial charge in [0.25, 0.3) is 0 Å². The van der Waals surface area contributed by atoms with Gasteiger partial charge in [0.15, 0.2) is 0 Å². The molecule has 0 saturated heterocycles. The van der Waals surface area contributed by atoms with Crippen molar-refractivity contribution in [3.63, 3.8) is 0 Å². The second-order valence-corrected chi connectivity index (χ2v) is 4.83. The van der Waals surface area contributed by atoms with Crippen LogP contribution in [-0.2, 0) is 6.54 Å². The van der Waals surface area contributed by atoms with Crippen molar-refractivity contribution in [1.82, 2.24) is 9.55 Å². The summed E-state index contributed by atoms with van der Waals surface area (Å²) in [5.74, 6) is 2.53. The molecule has 2 N–H and O–H groups in total. The molecule has 1 aromatic heterocycles. The second kappa shape index (κ2) is 5.34. The summed E-state index contributed by atoms with van der Waals surface area (Å²) in [6.45, 7) is 8.89. The van der Waals surface area contributed by atoms with E-state index in [4.69, 9.17) is 10.5 Å². The highest BCUT2D eigenvalue weighted by molar-refractivity contribution is 5.71. The predicted molar refractivity (Wildman–Crippen MR) is 78.3 cm³/mol. The summed E-state index contributed by atoms with van der Waals surface area (Å²) in [5.41, 5.74) is 8.00. The highest BCUT2D eigenvalue weighted by Crippen LogP contribution is 2.27. The van der Waals surface area contributed by atoms with Crippen molar-refractivity contribution in [1.29, 1.82) is 0 Å². The van der Waals surface area contributed by atoms with Crippen LogP contribution in [0.15, 0.2) is 24.3 Å². The first kappa shape index (κ1) is 13.5. The summed E-state index contributed by atoms with van der Waals surface area (Å²) in [6, 6.07) is 7.90. The lowest BCUT2D eigenvalue weighted by molar-refractivity contribution is 0.242. The third-order valence-corrected chi connectivity index (χ3v) is 3.01. The molecule has 0 atom stereocenters. The minimum Gasteiger partial charge on any atom is -0.491 e. The number of nitrogen functional groups attached to an aromatic ring is 1. The number of hydrogen-bond acceptors (Lipinski definition) is 3. The smallest absolute Gasteiger partial charge is 0.131 e. The van der Waals surface area contributed by atoms with E-state index in [1.54, 1.807) is 0 Å². The van der Waals surface area contributed by atoms with E-state index in [0.29, 0.717) is 0 Å². The molecular formula is C15H21N3O. The molecule has 0 amide bonds. The fourth-order valence-electron chi connectivity index (χ4n) is 2.16. The third-order valence-electron chi connectivity index (χ3n) is 3.01. The number of nitrogens with zero attached hydrogens (tertiary/aromatic N) is 2. The SMILES string of the molecule is CCn1c(C)nc(-c2ccc(OC(C)C)cc2)c1N. The molecule has 0 fully saturated rings. The Balaban J connectivity index is 2.32. The highest BCUT2D eigenvalue weighted by Gasteiger charge is 2.12. The lowest BCUT2D eigenvalue weighted by atomic mass is 10.1. The summed E-state index contributed by atoms with van der Waals surface area (Å²) < 4.78 is 7.64. The molecule has 4 nitrogen and oxygen atoms in total. The van der Waals surface area contributed by atoms with Crippen LogP contribution in [0.25, 0.3) is 11.3 Å². The highest BCUT2D eigenvalue weighted by atomic mass is 16.5. The molecular weight excluding hydrogens is 238 g/mol. The van der Waals surface area contributed by atoms with Crippen molar-refractivity contribution in [3.8, 4) is 17.0 Å². The molecule has 0 aliphatic heterocycles. The molecule has 0 spiro atoms. The number of ether oxygens (including phenoxy) is 1. The molecule has 1 heterocycles. The van der Waals surface area contributed by atoms with Crippen LogP contribution in [0, 0.1) is 6.92 Å². The zero-order valence-electron chi connectivity index (χ0n) is 12.0. The van der Waals surface area contributed by atoms with Crippen LogP contribution in [0.1, 0.15) is 26.6 Å². The molecule has 4 heteroatoms. The number of anilines is 1. The van der Waals surface area contributed by atoms with Gasteiger partial charge in [-0.2, -0.15) is 0 Å². The van der Waals surface area contributed by atoms with E-state index in [9.17, 15) is 0 Å². The molecule has 0 saturated carbocycles. The van der Waals surface area contributed by atoms with Gasteiger partial charge in [-0.25, -0.2) is 4.98 Å². The molecule has 0 aliphatic rings. The number of rotatable bonds is 4. The van der Waals surface area contributed by atoms with Crippen LogP contribution in [-0.4, -0.2) is 15.7 Å². The maximum absolute atomic E-state index is 6.13. The molecule has 1 aromatic carbocycles. The van der Waals surface area contributed by atoms with Crippen molar-refractivity contribution in [2.24, 2.45) is 0 Å². The Hall–Kier alpha value is -1.97. The number of nitrogens with two attached hydrogens (primary N) is 1. The summed E-state index contributed by atoms with van der Waals surface area (Å²) in [5, 5.41) is 0. The molecule has 2 aromatic rings. The summed E-state index contributed by atoms with van der Waals surface area (Å²) in [6.07, 6.45) is 0.178. The lowest BCUT2D eigenvalue weighted by Gasteiger charge is -2.09. The number of aromatic nitrogens is 2. The minimum atomic E-state index is 0.178. The van der Waals surface area contributed by atoms with E-state index in [0.717, 1.165) is 35.2 Å². The number of imidazole rings is 1. The van der Waals surface area contributed by atoms with Crippen LogP contribution in [0.4, 0.5) is 5.82 Å². The molecule has 0 bridgehead atoms. The third kappa shape index (κ3) is 2.72. The van der Waals surface area contributed by atoms with Crippen LogP contribution < -0.4 is 10.5 Å². The number of hydrogen-bond donors (Lipinski definition) is 1. The fourth-order valence-corrected chi connectivity index (χ4v) is 2.16. The lowest BCUT2D eigenvalue weighted by Crippen LogP contribution is -2.05. The van der Waals surface area contributed by atoms with E-state index < -0.39 is 0 Å². The van der Waals surface area contributed by atoms with Crippen molar-refractivity contribution in [3.05, 3.63) is 30.1 Å². The van der Waals surface area contributed by atoms with Gasteiger partial charge >= 0.3 is 0 Å². The van der Waals surface area contributed by atoms with Crippen molar-refractivity contribution in [2.45, 2.75) is 40.3 Å². The molecule has 19 heavy (non-hydrogen) atoms. The maximum atomic E-state index is 6.13. The summed E-state index contributed by atoms with van der Waals surface area (Å²) in [4.78, 5) is 4.54. The Morgan fingerprint density at radius 2 is 1.89 bits per heavy atom. The quantitative estimate of drug-likeness (QED) is 0.917. The van der Waals surface area contributed by atoms with Gasteiger partial charge in [0, 0.05) is 12.1 Å². The molecule has 2 rings (SSSR count). The largest absolute Gasteiger partial charge is 0.491 e. The van der Waals surface area contributed by atoms with E-state index in [-0.39, 0.29) is 6.10 Å². The molecule has 0 unspecified atom stereocenters. The number of benzene rings is 1. The Morgan fingerprint density at radius 1 is 1.26 bits per heavy atom. The van der Waals surface area contributed by atoms with Gasteiger partial charge in [-0.1, -0.05) is 0 Å². The van der Waals surface area contributed by atoms with E-state index in [2.05, 4.69) is 11.9 Å². The molecule has 102 valence electrons. The maximum Gasteiger partial charge on any atom is 0.131 e. The monoisotopic (exact) mass is 259 g/mol. The Labute approximate surface area is 114 Å². The first-order chi connectivity index (χ1) is 9.02. The van der Waals surface area contributed by atoms with Crippen LogP contribution in [0.3, 0.4) is 0 Å². The zero-order valence-corrected chi connectivity index (χ0v) is 12.0. The predicted octanol–water partition coefficient (Wildman–Crippen LogP) is 3.25. The van der Waals surface area contributed by atoms with Crippen molar-refractivity contribution < 1.29 is 4.74 Å². The summed E-state index contributed by atoms with van der Waals surface area (Å²) >= 11 is 0. The molecule has 0 radical (unpaired) electrons. The summed E-state index contributed by atoms with van der Waals surface area (Å²) in [7, 11) is 0. The van der Waals surface area contributed by atoms with Crippen molar-refractivity contribution >= 4 is 5.82 Å². The van der Waals surface area contributed by atoms with Gasteiger partial charge in [-0.15, -0.1) is 0 Å². The average molecular weight is 259 g/mol. The van der Waals surface area contributed by atoms with E-state index in [1.807, 2.05) is 49.6 Å². The van der Waals surface area contributed by atoms with Crippen LogP contribution in [0.2, 0.25) is 0 Å². The first-order valence-corrected chi connectivity index (χ1v) is 6.62. The van der Waals surface area contributed by atoms with Gasteiger partial charge in [0.1, 0.15) is 23.1 Å². The zero-order chi connectivity index (χ0) is 14.0. The average Bonchev–Trinajstić information content (AvgIpc) is 2.64. The first-order valence-electron chi connectivity index (χ1n) is 6.62. The van der Waals surface area contributed by atoms with Gasteiger partial charge in [-0.05, 0) is 52.0 Å². The van der Waals surface area contributed by atoms with Gasteiger partial charge < -0.3 is 15.0 Å². The van der Waals surface area contributed by atoms with E-state index >= 15 is 0 Å². The van der Waals surface area contributed by atoms with Gasteiger partial charge in [-0.3, -0.25) is 0 Å². The van der Waals surface area contributed by atoms with E-state index in [1.165, 1.54) is 0 Å². The van der Waals surface area contributed by atoms with Gasteiger partial charge in [0.2, 0.25) is 0 Å². The standard InChI is InChI=1S/C15H21N3O/c1-5-18-11(4)17-14(15(18)16)12-6-8-13(9-7-12)19-10(2)3/h6-10H,5,16H2,1-4H3. The topological polar surface area (TPSA) is 53.1 Å². The Kier molecular flexibility index (Phi) is 3.79. The fraction of sp³-hybridized carbons (Fsp3) is 0.400. The minimum absolute atomic E-state index is 0.178. The Morgan fingerprint density at radius 3 is 2.37 bits per heavy atom. The van der Waals surface area contributed by atoms with Crippen molar-refractivity contribution in [2.75, 3.05) is 5.73 Å². The van der Waals surface area contributed by atoms with Crippen LogP contribution >= 0.6 is 0 Å². The normalized spacial score (nSPS) is 11.0.